The van der Waals surface area contributed by atoms with Crippen LogP contribution in [-0.4, -0.2) is 48.5 Å². The lowest BCUT2D eigenvalue weighted by Crippen LogP contribution is -2.42. The molecular weight excluding hydrogens is 226 g/mol. The first-order chi connectivity index (χ1) is 7.55. The van der Waals surface area contributed by atoms with Gasteiger partial charge in [0.2, 0.25) is 0 Å². The molecule has 0 aromatic heterocycles. The van der Waals surface area contributed by atoms with Crippen LogP contribution in [0.4, 0.5) is 0 Å². The molecular formula is C10H27NO4Si. The van der Waals surface area contributed by atoms with Crippen molar-refractivity contribution in [1.29, 1.82) is 0 Å². The molecule has 0 rings (SSSR count). The zero-order valence-electron chi connectivity index (χ0n) is 11.4. The summed E-state index contributed by atoms with van der Waals surface area (Å²) in [6.45, 7) is 4.00. The van der Waals surface area contributed by atoms with Crippen molar-refractivity contribution in [2.45, 2.75) is 39.0 Å². The Hall–Kier alpha value is 0.0169. The van der Waals surface area contributed by atoms with Gasteiger partial charge in [-0.3, -0.25) is 5.32 Å². The average molecular weight is 253 g/mol. The van der Waals surface area contributed by atoms with Crippen molar-refractivity contribution in [2.24, 2.45) is 0 Å². The highest BCUT2D eigenvalue weighted by Gasteiger charge is 2.36. The smallest absolute Gasteiger partial charge is 0.379 e. The molecule has 0 bridgehead atoms. The number of aliphatic hydroxyl groups is 1. The monoisotopic (exact) mass is 253 g/mol. The molecule has 0 spiro atoms. The average Bonchev–Trinajstić information content (AvgIpc) is 2.36. The molecule has 16 heavy (non-hydrogen) atoms. The molecule has 2 N–H and O–H groups in total. The molecule has 0 aliphatic rings. The molecule has 0 saturated carbocycles. The van der Waals surface area contributed by atoms with E-state index < -0.39 is 8.80 Å². The molecule has 0 aromatic carbocycles. The van der Waals surface area contributed by atoms with Gasteiger partial charge in [-0.05, 0) is 13.5 Å². The van der Waals surface area contributed by atoms with E-state index in [4.69, 9.17) is 18.4 Å². The molecule has 0 heterocycles. The van der Waals surface area contributed by atoms with Crippen LogP contribution in [0.1, 0.15) is 26.7 Å². The van der Waals surface area contributed by atoms with Gasteiger partial charge in [0.15, 0.2) is 0 Å². The number of nitrogens with one attached hydrogen (secondary N) is 1. The maximum atomic E-state index is 8.56. The van der Waals surface area contributed by atoms with Gasteiger partial charge < -0.3 is 18.4 Å². The Labute approximate surface area is 100 Å². The van der Waals surface area contributed by atoms with Crippen molar-refractivity contribution in [3.63, 3.8) is 0 Å². The highest BCUT2D eigenvalue weighted by molar-refractivity contribution is 6.60. The Balaban J connectivity index is 0. The fraction of sp³-hybridized carbons (Fsp3) is 1.00. The zero-order chi connectivity index (χ0) is 13.0. The van der Waals surface area contributed by atoms with Crippen molar-refractivity contribution >= 4 is 8.80 Å². The number of hydrogen-bond donors (Lipinski definition) is 2. The first-order valence-corrected chi connectivity index (χ1v) is 7.49. The normalized spacial score (nSPS) is 12.9. The number of rotatable bonds is 7. The van der Waals surface area contributed by atoms with Crippen molar-refractivity contribution in [3.8, 4) is 0 Å². The summed E-state index contributed by atoms with van der Waals surface area (Å²) in [7, 11) is 4.41. The number of aliphatic hydroxyl groups excluding tert-OH is 1. The van der Waals surface area contributed by atoms with E-state index in [-0.39, 0.29) is 6.23 Å². The SMILES string of the molecule is CCC(O)NC.CCC[Si](OC)(OC)OC. The first kappa shape index (κ1) is 18.4. The molecule has 1 unspecified atom stereocenters. The van der Waals surface area contributed by atoms with Gasteiger partial charge in [0.05, 0.1) is 0 Å². The van der Waals surface area contributed by atoms with E-state index in [1.165, 1.54) is 0 Å². The van der Waals surface area contributed by atoms with Crippen LogP contribution in [-0.2, 0) is 13.3 Å². The predicted octanol–water partition coefficient (Wildman–Crippen LogP) is 1.21. The molecule has 0 radical (unpaired) electrons. The fourth-order valence-corrected chi connectivity index (χ4v) is 2.79. The predicted molar refractivity (Wildman–Crippen MR) is 67.2 cm³/mol. The molecule has 0 amide bonds. The maximum Gasteiger partial charge on any atom is 0.500 e. The third kappa shape index (κ3) is 8.20. The Morgan fingerprint density at radius 2 is 1.56 bits per heavy atom. The van der Waals surface area contributed by atoms with Gasteiger partial charge in [-0.1, -0.05) is 20.3 Å². The highest BCUT2D eigenvalue weighted by atomic mass is 28.4. The molecule has 0 fully saturated rings. The second-order valence-electron chi connectivity index (χ2n) is 3.26. The Bertz CT molecular complexity index is 133. The van der Waals surface area contributed by atoms with Gasteiger partial charge in [0, 0.05) is 27.4 Å². The highest BCUT2D eigenvalue weighted by Crippen LogP contribution is 2.13. The van der Waals surface area contributed by atoms with Crippen LogP contribution in [0.15, 0.2) is 0 Å². The van der Waals surface area contributed by atoms with Crippen LogP contribution in [0.2, 0.25) is 6.04 Å². The summed E-state index contributed by atoms with van der Waals surface area (Å²) in [5.41, 5.74) is 0. The lowest BCUT2D eigenvalue weighted by molar-refractivity contribution is 0.123. The maximum absolute atomic E-state index is 8.56. The van der Waals surface area contributed by atoms with Crippen LogP contribution in [0.3, 0.4) is 0 Å². The summed E-state index contributed by atoms with van der Waals surface area (Å²) in [5, 5.41) is 11.2. The largest absolute Gasteiger partial charge is 0.500 e. The molecule has 1 atom stereocenters. The lowest BCUT2D eigenvalue weighted by Gasteiger charge is -2.23. The van der Waals surface area contributed by atoms with E-state index in [9.17, 15) is 0 Å². The van der Waals surface area contributed by atoms with Crippen LogP contribution in [0.25, 0.3) is 0 Å². The van der Waals surface area contributed by atoms with Crippen molar-refractivity contribution in [2.75, 3.05) is 28.4 Å². The van der Waals surface area contributed by atoms with Gasteiger partial charge in [-0.15, -0.1) is 0 Å². The van der Waals surface area contributed by atoms with E-state index >= 15 is 0 Å². The Morgan fingerprint density at radius 1 is 1.12 bits per heavy atom. The van der Waals surface area contributed by atoms with Crippen molar-refractivity contribution in [3.05, 3.63) is 0 Å². The van der Waals surface area contributed by atoms with Crippen LogP contribution in [0.5, 0.6) is 0 Å². The first-order valence-electron chi connectivity index (χ1n) is 5.56. The van der Waals surface area contributed by atoms with E-state index in [2.05, 4.69) is 12.2 Å². The van der Waals surface area contributed by atoms with Crippen LogP contribution < -0.4 is 5.32 Å². The molecule has 0 aliphatic heterocycles. The zero-order valence-corrected chi connectivity index (χ0v) is 12.4. The Morgan fingerprint density at radius 3 is 1.62 bits per heavy atom. The minimum Gasteiger partial charge on any atom is -0.379 e. The summed E-state index contributed by atoms with van der Waals surface area (Å²) >= 11 is 0. The minimum absolute atomic E-state index is 0.315. The van der Waals surface area contributed by atoms with E-state index in [0.29, 0.717) is 0 Å². The second kappa shape index (κ2) is 11.5. The van der Waals surface area contributed by atoms with Gasteiger partial charge in [0.1, 0.15) is 6.23 Å². The van der Waals surface area contributed by atoms with Gasteiger partial charge in [0.25, 0.3) is 0 Å². The summed E-state index contributed by atoms with van der Waals surface area (Å²) in [4.78, 5) is 0. The fourth-order valence-electron chi connectivity index (χ4n) is 1.07. The van der Waals surface area contributed by atoms with Gasteiger partial charge in [-0.2, -0.15) is 0 Å². The van der Waals surface area contributed by atoms with Crippen molar-refractivity contribution < 1.29 is 18.4 Å². The van der Waals surface area contributed by atoms with Crippen molar-refractivity contribution in [1.82, 2.24) is 5.32 Å². The third-order valence-corrected chi connectivity index (χ3v) is 5.19. The second-order valence-corrected chi connectivity index (χ2v) is 6.35. The number of hydrogen-bond acceptors (Lipinski definition) is 5. The Kier molecular flexibility index (Phi) is 13.2. The summed E-state index contributed by atoms with van der Waals surface area (Å²) in [6, 6.07) is 0.885. The van der Waals surface area contributed by atoms with E-state index in [1.54, 1.807) is 28.4 Å². The topological polar surface area (TPSA) is 60.0 Å². The molecule has 0 aromatic rings. The van der Waals surface area contributed by atoms with Crippen LogP contribution >= 0.6 is 0 Å². The minimum atomic E-state index is -2.22. The van der Waals surface area contributed by atoms with Gasteiger partial charge in [-0.25, -0.2) is 0 Å². The summed E-state index contributed by atoms with van der Waals surface area (Å²) < 4.78 is 15.5. The molecule has 0 aliphatic carbocycles. The third-order valence-electron chi connectivity index (χ3n) is 2.21. The summed E-state index contributed by atoms with van der Waals surface area (Å²) in [5.74, 6) is 0. The molecule has 5 nitrogen and oxygen atoms in total. The van der Waals surface area contributed by atoms with Gasteiger partial charge >= 0.3 is 8.80 Å². The quantitative estimate of drug-likeness (QED) is 0.527. The standard InChI is InChI=1S/C6H16O3Si.C4H11NO/c1-5-6-10(7-2,8-3)9-4;1-3-4(6)5-2/h5-6H2,1-4H3;4-6H,3H2,1-2H3. The van der Waals surface area contributed by atoms with Crippen LogP contribution in [0, 0.1) is 0 Å². The molecule has 6 heteroatoms. The molecule has 0 saturated heterocycles. The van der Waals surface area contributed by atoms with E-state index in [1.807, 2.05) is 6.92 Å². The van der Waals surface area contributed by atoms with E-state index in [0.717, 1.165) is 18.9 Å². The summed E-state index contributed by atoms with van der Waals surface area (Å²) in [6.07, 6.45) is 1.49. The molecule has 100 valence electrons. The lowest BCUT2D eigenvalue weighted by atomic mass is 10.4.